The molecule has 4 rings (SSSR count). The topological polar surface area (TPSA) is 35.5 Å². The summed E-state index contributed by atoms with van der Waals surface area (Å²) in [5.74, 6) is -0.491. The van der Waals surface area contributed by atoms with E-state index >= 15 is 4.39 Å². The molecule has 4 aromatic rings. The van der Waals surface area contributed by atoms with Gasteiger partial charge in [0.1, 0.15) is 11.6 Å². The van der Waals surface area contributed by atoms with Crippen LogP contribution in [-0.2, 0) is 4.74 Å². The lowest BCUT2D eigenvalue weighted by Crippen LogP contribution is -2.68. The zero-order valence-corrected chi connectivity index (χ0v) is 21.0. The van der Waals surface area contributed by atoms with E-state index in [0.717, 1.165) is 10.4 Å². The number of hydrogen-bond donors (Lipinski definition) is 0. The van der Waals surface area contributed by atoms with Crippen molar-refractivity contribution in [3.05, 3.63) is 102 Å². The van der Waals surface area contributed by atoms with Gasteiger partial charge in [-0.2, -0.15) is 0 Å². The Kier molecular flexibility index (Phi) is 6.58. The van der Waals surface area contributed by atoms with E-state index in [1.165, 1.54) is 6.07 Å². The second-order valence-corrected chi connectivity index (χ2v) is 13.5. The quantitative estimate of drug-likeness (QED) is 0.251. The maximum absolute atomic E-state index is 15.2. The third-order valence-corrected chi connectivity index (χ3v) is 11.0. The Morgan fingerprint density at radius 1 is 0.853 bits per heavy atom. The third-order valence-electron chi connectivity index (χ3n) is 6.08. The summed E-state index contributed by atoms with van der Waals surface area (Å²) in [6.07, 6.45) is 0. The van der Waals surface area contributed by atoms with Crippen LogP contribution >= 0.6 is 0 Å². The summed E-state index contributed by atoms with van der Waals surface area (Å²) in [5.41, 5.74) is 0.341. The van der Waals surface area contributed by atoms with Crippen LogP contribution in [0, 0.1) is 5.82 Å². The molecule has 3 nitrogen and oxygen atoms in total. The Hall–Kier alpha value is -3.44. The SMILES string of the molecule is CCOC(=O)c1cc(O[Si](c2ccccc2)(c2ccccc2)C(C)(C)C)c2c(F)cccc2c1. The monoisotopic (exact) mass is 472 g/mol. The Morgan fingerprint density at radius 3 is 1.97 bits per heavy atom. The first kappa shape index (κ1) is 23.7. The Bertz CT molecular complexity index is 1260. The fraction of sp³-hybridized carbons (Fsp3) is 0.207. The molecule has 0 aliphatic rings. The average molecular weight is 473 g/mol. The Balaban J connectivity index is 2.04. The Labute approximate surface area is 201 Å². The van der Waals surface area contributed by atoms with Crippen molar-refractivity contribution in [2.45, 2.75) is 32.7 Å². The zero-order chi connectivity index (χ0) is 24.3. The summed E-state index contributed by atoms with van der Waals surface area (Å²) in [4.78, 5) is 12.7. The number of carbonyl (C=O) groups excluding carboxylic acids is 1. The highest BCUT2D eigenvalue weighted by atomic mass is 28.4. The van der Waals surface area contributed by atoms with E-state index in [4.69, 9.17) is 9.16 Å². The molecule has 0 aromatic heterocycles. The molecule has 0 aliphatic carbocycles. The molecule has 4 aromatic carbocycles. The van der Waals surface area contributed by atoms with E-state index in [1.54, 1.807) is 31.2 Å². The fourth-order valence-electron chi connectivity index (χ4n) is 4.57. The minimum Gasteiger partial charge on any atom is -0.533 e. The highest BCUT2D eigenvalue weighted by molar-refractivity contribution is 7.00. The molecule has 0 saturated heterocycles. The van der Waals surface area contributed by atoms with Crippen LogP contribution in [0.25, 0.3) is 10.8 Å². The summed E-state index contributed by atoms with van der Waals surface area (Å²) in [7, 11) is -3.03. The molecule has 0 spiro atoms. The largest absolute Gasteiger partial charge is 0.533 e. The number of esters is 1. The van der Waals surface area contributed by atoms with Gasteiger partial charge in [0.25, 0.3) is 0 Å². The van der Waals surface area contributed by atoms with Gasteiger partial charge in [0.15, 0.2) is 0 Å². The van der Waals surface area contributed by atoms with Crippen LogP contribution in [0.1, 0.15) is 38.1 Å². The molecule has 0 bridgehead atoms. The fourth-order valence-corrected chi connectivity index (χ4v) is 8.99. The maximum Gasteiger partial charge on any atom is 0.338 e. The lowest BCUT2D eigenvalue weighted by atomic mass is 10.1. The molecular weight excluding hydrogens is 443 g/mol. The molecular formula is C29H29FO3Si. The maximum atomic E-state index is 15.2. The predicted molar refractivity (Wildman–Crippen MR) is 138 cm³/mol. The molecule has 0 saturated carbocycles. The number of fused-ring (bicyclic) bond motifs is 1. The zero-order valence-electron chi connectivity index (χ0n) is 20.0. The summed E-state index contributed by atoms with van der Waals surface area (Å²) in [6, 6.07) is 28.4. The van der Waals surface area contributed by atoms with Gasteiger partial charge in [0.05, 0.1) is 17.6 Å². The lowest BCUT2D eigenvalue weighted by Gasteiger charge is -2.43. The van der Waals surface area contributed by atoms with E-state index < -0.39 is 14.3 Å². The van der Waals surface area contributed by atoms with Crippen molar-refractivity contribution in [2.24, 2.45) is 0 Å². The van der Waals surface area contributed by atoms with Gasteiger partial charge in [0.2, 0.25) is 0 Å². The summed E-state index contributed by atoms with van der Waals surface area (Å²) >= 11 is 0. The molecule has 34 heavy (non-hydrogen) atoms. The van der Waals surface area contributed by atoms with Gasteiger partial charge in [0, 0.05) is 0 Å². The van der Waals surface area contributed by atoms with Crippen molar-refractivity contribution >= 4 is 35.4 Å². The molecule has 0 fully saturated rings. The second-order valence-electron chi connectivity index (χ2n) is 9.30. The number of rotatable bonds is 6. The van der Waals surface area contributed by atoms with Crippen LogP contribution in [0.5, 0.6) is 5.75 Å². The third kappa shape index (κ3) is 4.24. The van der Waals surface area contributed by atoms with Crippen molar-refractivity contribution in [2.75, 3.05) is 6.61 Å². The van der Waals surface area contributed by atoms with Crippen molar-refractivity contribution in [1.82, 2.24) is 0 Å². The number of ether oxygens (including phenoxy) is 1. The van der Waals surface area contributed by atoms with Gasteiger partial charge in [-0.15, -0.1) is 0 Å². The van der Waals surface area contributed by atoms with Crippen LogP contribution in [-0.4, -0.2) is 20.9 Å². The molecule has 5 heteroatoms. The van der Waals surface area contributed by atoms with E-state index in [1.807, 2.05) is 36.4 Å². The highest BCUT2D eigenvalue weighted by Gasteiger charge is 2.52. The van der Waals surface area contributed by atoms with Crippen molar-refractivity contribution in [1.29, 1.82) is 0 Å². The first-order valence-corrected chi connectivity index (χ1v) is 13.4. The molecule has 0 aliphatic heterocycles. The summed E-state index contributed by atoms with van der Waals surface area (Å²) < 4.78 is 27.6. The first-order chi connectivity index (χ1) is 16.3. The van der Waals surface area contributed by atoms with Crippen LogP contribution in [0.4, 0.5) is 4.39 Å². The van der Waals surface area contributed by atoms with Gasteiger partial charge >= 0.3 is 14.3 Å². The van der Waals surface area contributed by atoms with E-state index in [9.17, 15) is 4.79 Å². The van der Waals surface area contributed by atoms with Crippen molar-refractivity contribution < 1.29 is 18.3 Å². The summed E-state index contributed by atoms with van der Waals surface area (Å²) in [6.45, 7) is 8.50. The number of halogens is 1. The van der Waals surface area contributed by atoms with E-state index in [-0.39, 0.29) is 17.5 Å². The molecule has 0 atom stereocenters. The Morgan fingerprint density at radius 2 is 1.44 bits per heavy atom. The lowest BCUT2D eigenvalue weighted by molar-refractivity contribution is 0.0526. The van der Waals surface area contributed by atoms with Gasteiger partial charge in [-0.1, -0.05) is 93.6 Å². The number of hydrogen-bond acceptors (Lipinski definition) is 3. The van der Waals surface area contributed by atoms with Gasteiger partial charge in [-0.05, 0) is 45.9 Å². The second kappa shape index (κ2) is 9.43. The van der Waals surface area contributed by atoms with Crippen LogP contribution in [0.3, 0.4) is 0 Å². The molecule has 0 N–H and O–H groups in total. The first-order valence-electron chi connectivity index (χ1n) is 11.5. The van der Waals surface area contributed by atoms with Gasteiger partial charge < -0.3 is 9.16 Å². The van der Waals surface area contributed by atoms with Gasteiger partial charge in [-0.3, -0.25) is 0 Å². The minimum atomic E-state index is -3.03. The van der Waals surface area contributed by atoms with E-state index in [0.29, 0.717) is 22.1 Å². The minimum absolute atomic E-state index is 0.255. The number of benzene rings is 4. The molecule has 0 unspecified atom stereocenters. The van der Waals surface area contributed by atoms with Crippen LogP contribution in [0.15, 0.2) is 91.0 Å². The van der Waals surface area contributed by atoms with Gasteiger partial charge in [-0.25, -0.2) is 9.18 Å². The number of carbonyl (C=O) groups is 1. The van der Waals surface area contributed by atoms with Crippen LogP contribution in [0.2, 0.25) is 5.04 Å². The molecule has 174 valence electrons. The standard InChI is InChI=1S/C29H29FO3Si/c1-5-32-28(31)22-19-21-13-12-18-25(30)27(21)26(20-22)33-34(29(2,3)4,23-14-8-6-9-15-23)24-16-10-7-11-17-24/h6-20H,5H2,1-4H3. The predicted octanol–water partition coefficient (Wildman–Crippen LogP) is 6.09. The molecule has 0 heterocycles. The van der Waals surface area contributed by atoms with Crippen LogP contribution < -0.4 is 14.8 Å². The highest BCUT2D eigenvalue weighted by Crippen LogP contribution is 2.40. The summed E-state index contributed by atoms with van der Waals surface area (Å²) in [5, 5.41) is 2.79. The molecule has 0 amide bonds. The normalized spacial score (nSPS) is 11.9. The van der Waals surface area contributed by atoms with Crippen molar-refractivity contribution in [3.63, 3.8) is 0 Å². The molecule has 0 radical (unpaired) electrons. The smallest absolute Gasteiger partial charge is 0.338 e. The van der Waals surface area contributed by atoms with Crippen molar-refractivity contribution in [3.8, 4) is 5.75 Å². The average Bonchev–Trinajstić information content (AvgIpc) is 2.83. The van der Waals surface area contributed by atoms with E-state index in [2.05, 4.69) is 45.0 Å².